The van der Waals surface area contributed by atoms with Crippen LogP contribution in [0.1, 0.15) is 87.5 Å². The Morgan fingerprint density at radius 3 is 1.77 bits per heavy atom. The molecule has 1 aliphatic rings. The number of hydrogen-bond donors (Lipinski definition) is 0. The third-order valence-corrected chi connectivity index (χ3v) is 5.25. The zero-order valence-corrected chi connectivity index (χ0v) is 15.8. The Morgan fingerprint density at radius 1 is 0.909 bits per heavy atom. The van der Waals surface area contributed by atoms with Gasteiger partial charge in [0, 0.05) is 12.3 Å². The van der Waals surface area contributed by atoms with E-state index in [2.05, 4.69) is 27.7 Å². The Kier molecular flexibility index (Phi) is 6.88. The molecule has 4 heteroatoms. The van der Waals surface area contributed by atoms with E-state index in [-0.39, 0.29) is 17.1 Å². The Bertz CT molecular complexity index is 318. The highest BCUT2D eigenvalue weighted by molar-refractivity contribution is 4.84. The zero-order chi connectivity index (χ0) is 17.0. The molecule has 0 spiro atoms. The molecule has 1 aliphatic carbocycles. The number of hydrogen-bond acceptors (Lipinski definition) is 4. The highest BCUT2D eigenvalue weighted by Crippen LogP contribution is 2.43. The maximum Gasteiger partial charge on any atom is 0.236 e. The van der Waals surface area contributed by atoms with Crippen LogP contribution in [0.5, 0.6) is 0 Å². The first-order valence-electron chi connectivity index (χ1n) is 8.81. The summed E-state index contributed by atoms with van der Waals surface area (Å²) in [5.41, 5.74) is -0.673. The minimum absolute atomic E-state index is 0.210. The van der Waals surface area contributed by atoms with E-state index < -0.39 is 5.79 Å². The lowest BCUT2D eigenvalue weighted by molar-refractivity contribution is -0.559. The van der Waals surface area contributed by atoms with Gasteiger partial charge in [-0.05, 0) is 52.9 Å². The van der Waals surface area contributed by atoms with Crippen molar-refractivity contribution in [3.8, 4) is 0 Å². The first kappa shape index (κ1) is 19.9. The highest BCUT2D eigenvalue weighted by Gasteiger charge is 2.48. The molecule has 0 N–H and O–H groups in total. The molecule has 0 heterocycles. The lowest BCUT2D eigenvalue weighted by Gasteiger charge is -2.44. The van der Waals surface area contributed by atoms with E-state index in [4.69, 9.17) is 19.6 Å². The van der Waals surface area contributed by atoms with Gasteiger partial charge in [-0.3, -0.25) is 0 Å². The van der Waals surface area contributed by atoms with Gasteiger partial charge in [0.05, 0.1) is 11.2 Å². The quantitative estimate of drug-likeness (QED) is 0.341. The minimum atomic E-state index is -0.823. The van der Waals surface area contributed by atoms with Crippen LogP contribution < -0.4 is 0 Å². The summed E-state index contributed by atoms with van der Waals surface area (Å²) in [4.78, 5) is 23.3. The molecule has 0 amide bonds. The van der Waals surface area contributed by atoms with E-state index in [0.29, 0.717) is 5.92 Å². The maximum atomic E-state index is 5.90. The van der Waals surface area contributed by atoms with Gasteiger partial charge >= 0.3 is 0 Å². The van der Waals surface area contributed by atoms with E-state index in [9.17, 15) is 0 Å². The molecule has 0 bridgehead atoms. The van der Waals surface area contributed by atoms with Crippen molar-refractivity contribution in [3.05, 3.63) is 0 Å². The maximum absolute atomic E-state index is 5.90. The van der Waals surface area contributed by atoms with E-state index in [1.807, 2.05) is 27.7 Å². The molecular weight excluding hydrogens is 280 g/mol. The summed E-state index contributed by atoms with van der Waals surface area (Å²) in [6, 6.07) is 0. The largest absolute Gasteiger partial charge is 0.236 e. The first-order valence-corrected chi connectivity index (χ1v) is 8.81. The summed E-state index contributed by atoms with van der Waals surface area (Å²) in [5.74, 6) is -0.103. The van der Waals surface area contributed by atoms with Crippen LogP contribution in [0.3, 0.4) is 0 Å². The van der Waals surface area contributed by atoms with Gasteiger partial charge < -0.3 is 0 Å². The topological polar surface area (TPSA) is 36.9 Å². The van der Waals surface area contributed by atoms with Crippen molar-refractivity contribution in [1.82, 2.24) is 0 Å². The van der Waals surface area contributed by atoms with Gasteiger partial charge in [0.2, 0.25) is 5.79 Å². The molecule has 22 heavy (non-hydrogen) atoms. The van der Waals surface area contributed by atoms with Crippen molar-refractivity contribution in [1.29, 1.82) is 0 Å². The van der Waals surface area contributed by atoms with Gasteiger partial charge in [-0.25, -0.2) is 9.78 Å². The van der Waals surface area contributed by atoms with Gasteiger partial charge in [-0.1, -0.05) is 34.1 Å². The molecule has 0 saturated heterocycles. The molecule has 1 fully saturated rings. The Hall–Kier alpha value is -0.160. The van der Waals surface area contributed by atoms with Crippen LogP contribution in [0.4, 0.5) is 0 Å². The molecule has 0 aromatic rings. The summed E-state index contributed by atoms with van der Waals surface area (Å²) in [5, 5.41) is 0. The van der Waals surface area contributed by atoms with Crippen molar-refractivity contribution in [2.45, 2.75) is 104 Å². The fraction of sp³-hybridized carbons (Fsp3) is 1.00. The molecule has 132 valence electrons. The van der Waals surface area contributed by atoms with Crippen molar-refractivity contribution in [3.63, 3.8) is 0 Å². The van der Waals surface area contributed by atoms with Crippen molar-refractivity contribution >= 4 is 0 Å². The minimum Gasteiger partial charge on any atom is -0.228 e. The lowest BCUT2D eigenvalue weighted by atomic mass is 9.77. The molecular formula is C18H36O4. The molecule has 0 aliphatic heterocycles. The molecule has 4 nitrogen and oxygen atoms in total. The summed E-state index contributed by atoms with van der Waals surface area (Å²) < 4.78 is 0. The zero-order valence-electron chi connectivity index (χ0n) is 15.8. The van der Waals surface area contributed by atoms with Crippen molar-refractivity contribution < 1.29 is 19.6 Å². The smallest absolute Gasteiger partial charge is 0.228 e. The normalized spacial score (nSPS) is 26.2. The van der Waals surface area contributed by atoms with Gasteiger partial charge in [0.1, 0.15) is 0 Å². The second-order valence-electron chi connectivity index (χ2n) is 8.03. The molecule has 0 aromatic carbocycles. The molecule has 1 saturated carbocycles. The van der Waals surface area contributed by atoms with Gasteiger partial charge in [-0.2, -0.15) is 9.78 Å². The second kappa shape index (κ2) is 7.61. The Balaban J connectivity index is 2.85. The monoisotopic (exact) mass is 316 g/mol. The average molecular weight is 316 g/mol. The fourth-order valence-electron chi connectivity index (χ4n) is 2.32. The van der Waals surface area contributed by atoms with Crippen LogP contribution in [0, 0.1) is 11.8 Å². The van der Waals surface area contributed by atoms with Crippen LogP contribution in [0.2, 0.25) is 0 Å². The fourth-order valence-corrected chi connectivity index (χ4v) is 2.32. The van der Waals surface area contributed by atoms with Crippen LogP contribution in [-0.4, -0.2) is 17.0 Å². The van der Waals surface area contributed by atoms with Crippen molar-refractivity contribution in [2.75, 3.05) is 0 Å². The standard InChI is InChI=1S/C18H36O4/c1-9-16(5,6)19-21-18(22-20-17(7,8)10-2)13-11-12-14(3)15(18)4/h14-15H,9-13H2,1-8H3. The van der Waals surface area contributed by atoms with Crippen LogP contribution in [0.25, 0.3) is 0 Å². The van der Waals surface area contributed by atoms with Crippen molar-refractivity contribution in [2.24, 2.45) is 11.8 Å². The van der Waals surface area contributed by atoms with Crippen LogP contribution in [-0.2, 0) is 19.6 Å². The average Bonchev–Trinajstić information content (AvgIpc) is 2.48. The molecule has 2 unspecified atom stereocenters. The Morgan fingerprint density at radius 2 is 1.36 bits per heavy atom. The molecule has 0 radical (unpaired) electrons. The van der Waals surface area contributed by atoms with Gasteiger partial charge in [0.15, 0.2) is 0 Å². The van der Waals surface area contributed by atoms with E-state index in [0.717, 1.165) is 25.7 Å². The molecule has 0 aromatic heterocycles. The summed E-state index contributed by atoms with van der Waals surface area (Å²) in [6.45, 7) is 16.7. The molecule has 2 atom stereocenters. The van der Waals surface area contributed by atoms with Gasteiger partial charge in [-0.15, -0.1) is 0 Å². The van der Waals surface area contributed by atoms with Crippen LogP contribution >= 0.6 is 0 Å². The van der Waals surface area contributed by atoms with E-state index >= 15 is 0 Å². The Labute approximate surface area is 136 Å². The predicted octanol–water partition coefficient (Wildman–Crippen LogP) is 5.41. The van der Waals surface area contributed by atoms with E-state index in [1.54, 1.807) is 0 Å². The third-order valence-electron chi connectivity index (χ3n) is 5.25. The van der Waals surface area contributed by atoms with Crippen LogP contribution in [0.15, 0.2) is 0 Å². The molecule has 1 rings (SSSR count). The highest BCUT2D eigenvalue weighted by atomic mass is 17.3. The van der Waals surface area contributed by atoms with E-state index in [1.165, 1.54) is 6.42 Å². The number of rotatable bonds is 8. The summed E-state index contributed by atoms with van der Waals surface area (Å²) >= 11 is 0. The predicted molar refractivity (Wildman–Crippen MR) is 88.0 cm³/mol. The SMILES string of the molecule is CCC(C)(C)OOC1(OOC(C)(C)CC)CCCC(C)C1C. The summed E-state index contributed by atoms with van der Waals surface area (Å²) in [6.07, 6.45) is 4.77. The lowest BCUT2D eigenvalue weighted by Crippen LogP contribution is -2.50. The van der Waals surface area contributed by atoms with Gasteiger partial charge in [0.25, 0.3) is 0 Å². The first-order chi connectivity index (χ1) is 10.1. The summed E-state index contributed by atoms with van der Waals surface area (Å²) in [7, 11) is 0. The third kappa shape index (κ3) is 5.19. The second-order valence-corrected chi connectivity index (χ2v) is 8.03.